The quantitative estimate of drug-likeness (QED) is 0.867. The van der Waals surface area contributed by atoms with E-state index in [-0.39, 0.29) is 0 Å². The number of nitrogens with zero attached hydrogens (tertiary/aromatic N) is 1. The first kappa shape index (κ1) is 9.62. The Hall–Kier alpha value is 0.0700. The Morgan fingerprint density at radius 1 is 1.77 bits per heavy atom. The smallest absolute Gasteiger partial charge is 0.184 e. The van der Waals surface area contributed by atoms with Crippen molar-refractivity contribution >= 4 is 39.8 Å². The van der Waals surface area contributed by atoms with Crippen LogP contribution in [-0.2, 0) is 0 Å². The minimum absolute atomic E-state index is 0.484. The lowest BCUT2D eigenvalue weighted by atomic mass is 10.4. The summed E-state index contributed by atoms with van der Waals surface area (Å²) in [5.74, 6) is 0. The third kappa shape index (κ3) is 2.30. The van der Waals surface area contributed by atoms with Crippen LogP contribution in [0.15, 0.2) is 5.38 Å². The maximum atomic E-state index is 5.71. The van der Waals surface area contributed by atoms with Gasteiger partial charge < -0.3 is 5.32 Å². The number of thioether (sulfide) groups is 1. The summed E-state index contributed by atoms with van der Waals surface area (Å²) in [6, 6.07) is 0. The first-order valence-electron chi connectivity index (χ1n) is 4.14. The number of thiazole rings is 1. The zero-order valence-corrected chi connectivity index (χ0v) is 9.73. The van der Waals surface area contributed by atoms with Crippen molar-refractivity contribution in [2.75, 3.05) is 18.1 Å². The maximum Gasteiger partial charge on any atom is 0.184 e. The van der Waals surface area contributed by atoms with E-state index in [1.54, 1.807) is 11.3 Å². The van der Waals surface area contributed by atoms with Gasteiger partial charge in [0, 0.05) is 16.7 Å². The Kier molecular flexibility index (Phi) is 2.72. The van der Waals surface area contributed by atoms with Crippen LogP contribution in [0.25, 0.3) is 0 Å². The molecule has 1 fully saturated rings. The molecule has 13 heavy (non-hydrogen) atoms. The summed E-state index contributed by atoms with van der Waals surface area (Å²) in [7, 11) is 0. The van der Waals surface area contributed by atoms with E-state index in [1.807, 2.05) is 17.1 Å². The van der Waals surface area contributed by atoms with Crippen LogP contribution < -0.4 is 5.32 Å². The summed E-state index contributed by atoms with van der Waals surface area (Å²) in [4.78, 5) is 4.14. The molecule has 2 nitrogen and oxygen atoms in total. The summed E-state index contributed by atoms with van der Waals surface area (Å²) in [5.41, 5.74) is 0. The predicted molar refractivity (Wildman–Crippen MR) is 61.1 cm³/mol. The molecule has 0 radical (unpaired) electrons. The highest BCUT2D eigenvalue weighted by Crippen LogP contribution is 2.47. The Balaban J connectivity index is 1.86. The molecule has 2 rings (SSSR count). The van der Waals surface area contributed by atoms with Crippen molar-refractivity contribution in [3.63, 3.8) is 0 Å². The third-order valence-electron chi connectivity index (χ3n) is 2.28. The fourth-order valence-corrected chi connectivity index (χ4v) is 2.73. The lowest BCUT2D eigenvalue weighted by molar-refractivity contribution is 0.946. The predicted octanol–water partition coefficient (Wildman–Crippen LogP) is 3.10. The minimum Gasteiger partial charge on any atom is -0.360 e. The molecule has 1 aromatic heterocycles. The maximum absolute atomic E-state index is 5.71. The molecule has 1 N–H and O–H groups in total. The fourth-order valence-electron chi connectivity index (χ4n) is 1.16. The highest BCUT2D eigenvalue weighted by atomic mass is 35.5. The van der Waals surface area contributed by atoms with E-state index in [0.29, 0.717) is 9.90 Å². The van der Waals surface area contributed by atoms with Crippen molar-refractivity contribution in [3.05, 3.63) is 10.5 Å². The van der Waals surface area contributed by atoms with Crippen molar-refractivity contribution in [1.29, 1.82) is 0 Å². The molecule has 1 aliphatic carbocycles. The van der Waals surface area contributed by atoms with E-state index in [4.69, 9.17) is 11.6 Å². The lowest BCUT2D eigenvalue weighted by Crippen LogP contribution is -2.17. The Morgan fingerprint density at radius 2 is 2.54 bits per heavy atom. The van der Waals surface area contributed by atoms with E-state index in [0.717, 1.165) is 11.7 Å². The number of aromatic nitrogens is 1. The number of hydrogen-bond donors (Lipinski definition) is 1. The number of nitrogens with one attached hydrogen (secondary N) is 1. The summed E-state index contributed by atoms with van der Waals surface area (Å²) >= 11 is 9.22. The second kappa shape index (κ2) is 3.67. The molecule has 0 spiro atoms. The molecular weight excluding hydrogens is 224 g/mol. The molecular formula is C8H11ClN2S2. The molecule has 1 aliphatic rings. The van der Waals surface area contributed by atoms with Gasteiger partial charge in [-0.15, -0.1) is 11.3 Å². The van der Waals surface area contributed by atoms with E-state index < -0.39 is 0 Å². The van der Waals surface area contributed by atoms with E-state index >= 15 is 0 Å². The zero-order chi connectivity index (χ0) is 9.31. The summed E-state index contributed by atoms with van der Waals surface area (Å²) in [6.45, 7) is 1.01. The van der Waals surface area contributed by atoms with Crippen molar-refractivity contribution in [2.24, 2.45) is 0 Å². The Morgan fingerprint density at radius 3 is 3.00 bits per heavy atom. The monoisotopic (exact) mass is 234 g/mol. The molecule has 0 atom stereocenters. The third-order valence-corrected chi connectivity index (χ3v) is 4.82. The van der Waals surface area contributed by atoms with Gasteiger partial charge in [0.2, 0.25) is 0 Å². The normalized spacial score (nSPS) is 18.6. The SMILES string of the molecule is CSC1(CNc2nc(Cl)cs2)CC1. The first-order chi connectivity index (χ1) is 6.24. The molecule has 1 heterocycles. The van der Waals surface area contributed by atoms with E-state index in [1.165, 1.54) is 12.8 Å². The standard InChI is InChI=1S/C8H11ClN2S2/c1-12-8(2-3-8)5-10-7-11-6(9)4-13-7/h4H,2-3,5H2,1H3,(H,10,11). The van der Waals surface area contributed by atoms with Gasteiger partial charge in [0.25, 0.3) is 0 Å². The van der Waals surface area contributed by atoms with Crippen molar-refractivity contribution in [2.45, 2.75) is 17.6 Å². The van der Waals surface area contributed by atoms with Crippen LogP contribution in [0.1, 0.15) is 12.8 Å². The first-order valence-corrected chi connectivity index (χ1v) is 6.62. The Labute approximate surface area is 91.1 Å². The van der Waals surface area contributed by atoms with Gasteiger partial charge in [0.05, 0.1) is 0 Å². The lowest BCUT2D eigenvalue weighted by Gasteiger charge is -2.11. The van der Waals surface area contributed by atoms with Gasteiger partial charge in [-0.1, -0.05) is 11.6 Å². The van der Waals surface area contributed by atoms with Gasteiger partial charge in [-0.25, -0.2) is 4.98 Å². The molecule has 1 saturated carbocycles. The molecule has 0 amide bonds. The van der Waals surface area contributed by atoms with Crippen LogP contribution >= 0.6 is 34.7 Å². The fraction of sp³-hybridized carbons (Fsp3) is 0.625. The summed E-state index contributed by atoms with van der Waals surface area (Å²) < 4.78 is 0.484. The van der Waals surface area contributed by atoms with E-state index in [2.05, 4.69) is 16.6 Å². The van der Waals surface area contributed by atoms with Crippen LogP contribution in [0.4, 0.5) is 5.13 Å². The number of halogens is 1. The summed E-state index contributed by atoms with van der Waals surface area (Å²) in [5, 5.41) is 6.69. The molecule has 0 saturated heterocycles. The van der Waals surface area contributed by atoms with Crippen molar-refractivity contribution in [3.8, 4) is 0 Å². The van der Waals surface area contributed by atoms with Crippen LogP contribution in [0.3, 0.4) is 0 Å². The molecule has 72 valence electrons. The average molecular weight is 235 g/mol. The number of hydrogen-bond acceptors (Lipinski definition) is 4. The Bertz CT molecular complexity index is 296. The van der Waals surface area contributed by atoms with Gasteiger partial charge in [-0.3, -0.25) is 0 Å². The van der Waals surface area contributed by atoms with Crippen LogP contribution in [0.5, 0.6) is 0 Å². The van der Waals surface area contributed by atoms with Gasteiger partial charge >= 0.3 is 0 Å². The van der Waals surface area contributed by atoms with Crippen molar-refractivity contribution in [1.82, 2.24) is 4.98 Å². The van der Waals surface area contributed by atoms with Gasteiger partial charge in [0.1, 0.15) is 5.15 Å². The molecule has 0 aromatic carbocycles. The van der Waals surface area contributed by atoms with Gasteiger partial charge in [-0.2, -0.15) is 11.8 Å². The summed E-state index contributed by atoms with van der Waals surface area (Å²) in [6.07, 6.45) is 4.81. The zero-order valence-electron chi connectivity index (χ0n) is 7.34. The molecule has 0 aliphatic heterocycles. The second-order valence-electron chi connectivity index (χ2n) is 3.22. The minimum atomic E-state index is 0.484. The van der Waals surface area contributed by atoms with Crippen molar-refractivity contribution < 1.29 is 0 Å². The largest absolute Gasteiger partial charge is 0.360 e. The van der Waals surface area contributed by atoms with Gasteiger partial charge in [0.15, 0.2) is 5.13 Å². The molecule has 0 unspecified atom stereocenters. The van der Waals surface area contributed by atoms with Crippen LogP contribution in [0.2, 0.25) is 5.15 Å². The molecule has 0 bridgehead atoms. The molecule has 5 heteroatoms. The molecule has 1 aromatic rings. The van der Waals surface area contributed by atoms with Crippen LogP contribution in [0, 0.1) is 0 Å². The second-order valence-corrected chi connectivity index (χ2v) is 5.74. The van der Waals surface area contributed by atoms with Gasteiger partial charge in [-0.05, 0) is 19.1 Å². The van der Waals surface area contributed by atoms with Crippen LogP contribution in [-0.4, -0.2) is 22.5 Å². The number of rotatable bonds is 4. The number of anilines is 1. The average Bonchev–Trinajstić information content (AvgIpc) is 2.81. The topological polar surface area (TPSA) is 24.9 Å². The highest BCUT2D eigenvalue weighted by Gasteiger charge is 2.41. The van der Waals surface area contributed by atoms with E-state index in [9.17, 15) is 0 Å². The highest BCUT2D eigenvalue weighted by molar-refractivity contribution is 8.00.